The minimum Gasteiger partial charge on any atom is -0.495 e. The van der Waals surface area contributed by atoms with E-state index in [1.807, 2.05) is 38.1 Å². The molecule has 0 bridgehead atoms. The summed E-state index contributed by atoms with van der Waals surface area (Å²) in [4.78, 5) is 12.5. The van der Waals surface area contributed by atoms with Crippen molar-refractivity contribution < 1.29 is 9.53 Å². The predicted molar refractivity (Wildman–Crippen MR) is 92.3 cm³/mol. The Morgan fingerprint density at radius 1 is 1.14 bits per heavy atom. The molecule has 1 N–H and O–H groups in total. The van der Waals surface area contributed by atoms with Gasteiger partial charge in [0.2, 0.25) is 0 Å². The van der Waals surface area contributed by atoms with Crippen molar-refractivity contribution in [3.8, 4) is 5.75 Å². The Morgan fingerprint density at radius 2 is 1.86 bits per heavy atom. The number of rotatable bonds is 3. The molecule has 0 aliphatic heterocycles. The van der Waals surface area contributed by atoms with Crippen molar-refractivity contribution in [2.24, 2.45) is 0 Å². The molecular formula is C16H15Br2NO2. The fourth-order valence-electron chi connectivity index (χ4n) is 2.00. The number of hydrogen-bond acceptors (Lipinski definition) is 2. The molecule has 2 rings (SSSR count). The lowest BCUT2D eigenvalue weighted by Gasteiger charge is -2.13. The van der Waals surface area contributed by atoms with Crippen LogP contribution in [0.4, 0.5) is 5.69 Å². The molecule has 0 atom stereocenters. The van der Waals surface area contributed by atoms with Crippen LogP contribution in [0.15, 0.2) is 39.3 Å². The van der Waals surface area contributed by atoms with E-state index in [0.29, 0.717) is 11.3 Å². The first-order valence-electron chi connectivity index (χ1n) is 6.34. The molecule has 0 spiro atoms. The molecule has 110 valence electrons. The van der Waals surface area contributed by atoms with Gasteiger partial charge in [0, 0.05) is 10.2 Å². The molecule has 3 nitrogen and oxygen atoms in total. The molecule has 2 aromatic carbocycles. The van der Waals surface area contributed by atoms with Gasteiger partial charge in [0.25, 0.3) is 5.91 Å². The van der Waals surface area contributed by atoms with Gasteiger partial charge in [-0.1, -0.05) is 28.1 Å². The summed E-state index contributed by atoms with van der Waals surface area (Å²) in [7, 11) is 1.54. The Bertz CT molecular complexity index is 699. The summed E-state index contributed by atoms with van der Waals surface area (Å²) in [5, 5.41) is 2.94. The topological polar surface area (TPSA) is 38.3 Å². The zero-order valence-corrected chi connectivity index (χ0v) is 15.1. The summed E-state index contributed by atoms with van der Waals surface area (Å²) < 4.78 is 6.85. The van der Waals surface area contributed by atoms with E-state index >= 15 is 0 Å². The molecule has 0 saturated heterocycles. The number of hydrogen-bond donors (Lipinski definition) is 1. The molecule has 0 aliphatic carbocycles. The zero-order valence-electron chi connectivity index (χ0n) is 12.0. The number of aryl methyl sites for hydroxylation is 2. The third-order valence-electron chi connectivity index (χ3n) is 3.10. The standard InChI is InChI=1S/C16H15Br2NO2/c1-9-4-5-10(2)14(6-9)19-16(20)12-7-11(17)8-13(18)15(12)21-3/h4-8H,1-3H3,(H,19,20). The van der Waals surface area contributed by atoms with Crippen LogP contribution in [0, 0.1) is 13.8 Å². The van der Waals surface area contributed by atoms with E-state index in [0.717, 1.165) is 25.8 Å². The Morgan fingerprint density at radius 3 is 2.52 bits per heavy atom. The Balaban J connectivity index is 2.39. The van der Waals surface area contributed by atoms with Crippen molar-refractivity contribution in [1.29, 1.82) is 0 Å². The van der Waals surface area contributed by atoms with Gasteiger partial charge in [0.1, 0.15) is 5.75 Å². The second-order valence-electron chi connectivity index (χ2n) is 4.74. The fourth-order valence-corrected chi connectivity index (χ4v) is 3.38. The third-order valence-corrected chi connectivity index (χ3v) is 4.15. The maximum atomic E-state index is 12.5. The van der Waals surface area contributed by atoms with Gasteiger partial charge >= 0.3 is 0 Å². The predicted octanol–water partition coefficient (Wildman–Crippen LogP) is 5.09. The zero-order chi connectivity index (χ0) is 15.6. The van der Waals surface area contributed by atoms with E-state index in [1.165, 1.54) is 0 Å². The smallest absolute Gasteiger partial charge is 0.259 e. The van der Waals surface area contributed by atoms with E-state index in [2.05, 4.69) is 37.2 Å². The highest BCUT2D eigenvalue weighted by atomic mass is 79.9. The summed E-state index contributed by atoms with van der Waals surface area (Å²) in [5.41, 5.74) is 3.39. The van der Waals surface area contributed by atoms with Crippen LogP contribution in [-0.2, 0) is 0 Å². The van der Waals surface area contributed by atoms with Gasteiger partial charge in [-0.05, 0) is 59.1 Å². The molecule has 21 heavy (non-hydrogen) atoms. The maximum absolute atomic E-state index is 12.5. The van der Waals surface area contributed by atoms with Crippen LogP contribution in [0.2, 0.25) is 0 Å². The molecule has 0 fully saturated rings. The largest absolute Gasteiger partial charge is 0.495 e. The second kappa shape index (κ2) is 6.62. The molecule has 0 aromatic heterocycles. The SMILES string of the molecule is COc1c(Br)cc(Br)cc1C(=O)Nc1cc(C)ccc1C. The number of nitrogens with one attached hydrogen (secondary N) is 1. The number of amides is 1. The lowest BCUT2D eigenvalue weighted by atomic mass is 10.1. The molecule has 0 aliphatic rings. The summed E-state index contributed by atoms with van der Waals surface area (Å²) in [6, 6.07) is 9.53. The van der Waals surface area contributed by atoms with Crippen molar-refractivity contribution in [2.45, 2.75) is 13.8 Å². The second-order valence-corrected chi connectivity index (χ2v) is 6.51. The van der Waals surface area contributed by atoms with Crippen molar-refractivity contribution >= 4 is 43.5 Å². The highest BCUT2D eigenvalue weighted by Gasteiger charge is 2.17. The lowest BCUT2D eigenvalue weighted by molar-refractivity contribution is 0.102. The van der Waals surface area contributed by atoms with Crippen LogP contribution in [0.25, 0.3) is 0 Å². The van der Waals surface area contributed by atoms with E-state index in [4.69, 9.17) is 4.74 Å². The molecule has 0 unspecified atom stereocenters. The van der Waals surface area contributed by atoms with Gasteiger partial charge in [0.05, 0.1) is 17.1 Å². The highest BCUT2D eigenvalue weighted by molar-refractivity contribution is 9.11. The number of anilines is 1. The molecule has 1 amide bonds. The normalized spacial score (nSPS) is 10.3. The van der Waals surface area contributed by atoms with E-state index in [1.54, 1.807) is 13.2 Å². The minimum atomic E-state index is -0.206. The van der Waals surface area contributed by atoms with Crippen LogP contribution in [0.3, 0.4) is 0 Å². The van der Waals surface area contributed by atoms with Crippen LogP contribution < -0.4 is 10.1 Å². The van der Waals surface area contributed by atoms with Gasteiger partial charge in [0.15, 0.2) is 0 Å². The summed E-state index contributed by atoms with van der Waals surface area (Å²) in [6.07, 6.45) is 0. The number of benzene rings is 2. The van der Waals surface area contributed by atoms with Gasteiger partial charge in [-0.3, -0.25) is 4.79 Å². The van der Waals surface area contributed by atoms with Gasteiger partial charge in [-0.25, -0.2) is 0 Å². The van der Waals surface area contributed by atoms with Crippen LogP contribution in [0.5, 0.6) is 5.75 Å². The number of methoxy groups -OCH3 is 1. The monoisotopic (exact) mass is 411 g/mol. The first-order chi connectivity index (χ1) is 9.92. The van der Waals surface area contributed by atoms with Gasteiger partial charge in [-0.2, -0.15) is 0 Å². The van der Waals surface area contributed by atoms with Crippen LogP contribution in [0.1, 0.15) is 21.5 Å². The lowest BCUT2D eigenvalue weighted by Crippen LogP contribution is -2.14. The first kappa shape index (κ1) is 16.0. The van der Waals surface area contributed by atoms with Gasteiger partial charge in [-0.15, -0.1) is 0 Å². The first-order valence-corrected chi connectivity index (χ1v) is 7.92. The summed E-state index contributed by atoms with van der Waals surface area (Å²) in [6.45, 7) is 3.95. The fraction of sp³-hybridized carbons (Fsp3) is 0.188. The summed E-state index contributed by atoms with van der Waals surface area (Å²) in [5.74, 6) is 0.309. The molecular weight excluding hydrogens is 398 g/mol. The molecule has 0 radical (unpaired) electrons. The number of carbonyl (C=O) groups is 1. The number of halogens is 2. The average molecular weight is 413 g/mol. The maximum Gasteiger partial charge on any atom is 0.259 e. The van der Waals surface area contributed by atoms with Gasteiger partial charge < -0.3 is 10.1 Å². The molecule has 5 heteroatoms. The van der Waals surface area contributed by atoms with Crippen LogP contribution >= 0.6 is 31.9 Å². The quantitative estimate of drug-likeness (QED) is 0.762. The Kier molecular flexibility index (Phi) is 5.06. The Hall–Kier alpha value is -1.33. The van der Waals surface area contributed by atoms with Crippen molar-refractivity contribution in [1.82, 2.24) is 0 Å². The Labute approximate surface area is 141 Å². The minimum absolute atomic E-state index is 0.206. The van der Waals surface area contributed by atoms with E-state index in [9.17, 15) is 4.79 Å². The number of carbonyl (C=O) groups excluding carboxylic acids is 1. The average Bonchev–Trinajstić information content (AvgIpc) is 2.42. The molecule has 0 heterocycles. The van der Waals surface area contributed by atoms with E-state index < -0.39 is 0 Å². The van der Waals surface area contributed by atoms with E-state index in [-0.39, 0.29) is 5.91 Å². The molecule has 0 saturated carbocycles. The highest BCUT2D eigenvalue weighted by Crippen LogP contribution is 2.33. The van der Waals surface area contributed by atoms with Crippen molar-refractivity contribution in [3.63, 3.8) is 0 Å². The van der Waals surface area contributed by atoms with Crippen LogP contribution in [-0.4, -0.2) is 13.0 Å². The van der Waals surface area contributed by atoms with Crippen molar-refractivity contribution in [3.05, 3.63) is 56.0 Å². The third kappa shape index (κ3) is 3.66. The summed E-state index contributed by atoms with van der Waals surface area (Å²) >= 11 is 6.79. The molecule has 2 aromatic rings. The van der Waals surface area contributed by atoms with Crippen molar-refractivity contribution in [2.75, 3.05) is 12.4 Å². The number of ether oxygens (including phenoxy) is 1.